The first-order valence-corrected chi connectivity index (χ1v) is 6.64. The number of hydrogen-bond acceptors (Lipinski definition) is 3. The van der Waals surface area contributed by atoms with Gasteiger partial charge >= 0.3 is 0 Å². The van der Waals surface area contributed by atoms with Gasteiger partial charge < -0.3 is 10.6 Å². The van der Waals surface area contributed by atoms with Crippen LogP contribution in [0.4, 0.5) is 5.69 Å². The van der Waals surface area contributed by atoms with E-state index in [1.165, 1.54) is 12.8 Å². The smallest absolute Gasteiger partial charge is 0.243 e. The predicted octanol–water partition coefficient (Wildman–Crippen LogP) is 1.00. The van der Waals surface area contributed by atoms with Crippen molar-refractivity contribution in [3.63, 3.8) is 0 Å². The third-order valence-corrected chi connectivity index (χ3v) is 3.01. The van der Waals surface area contributed by atoms with Crippen molar-refractivity contribution in [3.05, 3.63) is 12.4 Å². The number of anilines is 1. The van der Waals surface area contributed by atoms with Crippen molar-refractivity contribution < 1.29 is 9.59 Å². The van der Waals surface area contributed by atoms with Gasteiger partial charge in [0.05, 0.1) is 18.4 Å². The molecule has 1 aliphatic rings. The summed E-state index contributed by atoms with van der Waals surface area (Å²) in [6.07, 6.45) is 5.98. The molecular weight excluding hydrogens is 244 g/mol. The van der Waals surface area contributed by atoms with Gasteiger partial charge in [-0.2, -0.15) is 5.10 Å². The van der Waals surface area contributed by atoms with Crippen molar-refractivity contribution in [1.29, 1.82) is 0 Å². The van der Waals surface area contributed by atoms with Crippen LogP contribution in [0.2, 0.25) is 0 Å². The zero-order valence-electron chi connectivity index (χ0n) is 11.3. The lowest BCUT2D eigenvalue weighted by Gasteiger charge is -2.07. The molecule has 1 aromatic heterocycles. The summed E-state index contributed by atoms with van der Waals surface area (Å²) in [7, 11) is 0. The van der Waals surface area contributed by atoms with E-state index >= 15 is 0 Å². The Morgan fingerprint density at radius 3 is 2.84 bits per heavy atom. The van der Waals surface area contributed by atoms with Crippen LogP contribution in [-0.4, -0.2) is 28.1 Å². The monoisotopic (exact) mass is 264 g/mol. The van der Waals surface area contributed by atoms with Crippen molar-refractivity contribution in [1.82, 2.24) is 15.1 Å². The standard InChI is InChI=1S/C13H20N4O2/c1-9(2)13(19)14-6-12(18)16-11-5-15-17(8-11)7-10-3-4-10/h5,8-10H,3-4,6-7H2,1-2H3,(H,14,19)(H,16,18). The Morgan fingerprint density at radius 2 is 2.21 bits per heavy atom. The minimum absolute atomic E-state index is 0.00911. The zero-order chi connectivity index (χ0) is 13.8. The zero-order valence-corrected chi connectivity index (χ0v) is 11.3. The number of aromatic nitrogens is 2. The maximum atomic E-state index is 11.6. The van der Waals surface area contributed by atoms with Crippen LogP contribution in [0.3, 0.4) is 0 Å². The highest BCUT2D eigenvalue weighted by Crippen LogP contribution is 2.30. The summed E-state index contributed by atoms with van der Waals surface area (Å²) in [5.74, 6) is 0.266. The van der Waals surface area contributed by atoms with Crippen molar-refractivity contribution in [2.45, 2.75) is 33.2 Å². The molecule has 2 N–H and O–H groups in total. The number of carbonyl (C=O) groups is 2. The van der Waals surface area contributed by atoms with Gasteiger partial charge in [0.2, 0.25) is 11.8 Å². The molecule has 0 saturated heterocycles. The average Bonchev–Trinajstić information content (AvgIpc) is 3.06. The fourth-order valence-corrected chi connectivity index (χ4v) is 1.67. The average molecular weight is 264 g/mol. The van der Waals surface area contributed by atoms with E-state index in [2.05, 4.69) is 15.7 Å². The third-order valence-electron chi connectivity index (χ3n) is 3.01. The lowest BCUT2D eigenvalue weighted by molar-refractivity contribution is -0.126. The van der Waals surface area contributed by atoms with E-state index in [-0.39, 0.29) is 24.3 Å². The van der Waals surface area contributed by atoms with Crippen LogP contribution in [-0.2, 0) is 16.1 Å². The molecule has 2 rings (SSSR count). The Hall–Kier alpha value is -1.85. The summed E-state index contributed by atoms with van der Waals surface area (Å²) in [5, 5.41) is 9.47. The van der Waals surface area contributed by atoms with Gasteiger partial charge in [0, 0.05) is 18.7 Å². The van der Waals surface area contributed by atoms with Gasteiger partial charge in [-0.05, 0) is 18.8 Å². The van der Waals surface area contributed by atoms with E-state index in [0.29, 0.717) is 5.69 Å². The molecule has 0 atom stereocenters. The number of amides is 2. The lowest BCUT2D eigenvalue weighted by Crippen LogP contribution is -2.35. The molecule has 1 fully saturated rings. The Kier molecular flexibility index (Phi) is 4.19. The maximum absolute atomic E-state index is 11.6. The molecule has 0 spiro atoms. The van der Waals surface area contributed by atoms with Crippen LogP contribution >= 0.6 is 0 Å². The van der Waals surface area contributed by atoms with E-state index in [4.69, 9.17) is 0 Å². The predicted molar refractivity (Wildman–Crippen MR) is 71.4 cm³/mol. The van der Waals surface area contributed by atoms with E-state index in [9.17, 15) is 9.59 Å². The second-order valence-corrected chi connectivity index (χ2v) is 5.32. The molecule has 6 nitrogen and oxygen atoms in total. The second kappa shape index (κ2) is 5.86. The molecule has 1 saturated carbocycles. The highest BCUT2D eigenvalue weighted by molar-refractivity contribution is 5.94. The van der Waals surface area contributed by atoms with Gasteiger partial charge in [-0.3, -0.25) is 14.3 Å². The summed E-state index contributed by atoms with van der Waals surface area (Å²) in [5.41, 5.74) is 0.671. The first-order valence-electron chi connectivity index (χ1n) is 6.64. The summed E-state index contributed by atoms with van der Waals surface area (Å²) in [6.45, 7) is 4.48. The maximum Gasteiger partial charge on any atom is 0.243 e. The van der Waals surface area contributed by atoms with Crippen LogP contribution < -0.4 is 10.6 Å². The molecule has 6 heteroatoms. The normalized spacial score (nSPS) is 14.5. The highest BCUT2D eigenvalue weighted by Gasteiger charge is 2.22. The summed E-state index contributed by atoms with van der Waals surface area (Å²) < 4.78 is 1.85. The summed E-state index contributed by atoms with van der Waals surface area (Å²) in [6, 6.07) is 0. The van der Waals surface area contributed by atoms with Gasteiger partial charge in [0.15, 0.2) is 0 Å². The molecule has 2 amide bonds. The molecule has 0 unspecified atom stereocenters. The molecule has 104 valence electrons. The van der Waals surface area contributed by atoms with E-state index in [0.717, 1.165) is 12.5 Å². The molecule has 1 heterocycles. The first-order chi connectivity index (χ1) is 9.04. The molecule has 19 heavy (non-hydrogen) atoms. The minimum atomic E-state index is -0.236. The van der Waals surface area contributed by atoms with Crippen LogP contribution in [0.15, 0.2) is 12.4 Å². The topological polar surface area (TPSA) is 76.0 Å². The molecule has 0 aromatic carbocycles. The van der Waals surface area contributed by atoms with Crippen LogP contribution in [0, 0.1) is 11.8 Å². The Balaban J connectivity index is 1.74. The van der Waals surface area contributed by atoms with Crippen molar-refractivity contribution >= 4 is 17.5 Å². The fourth-order valence-electron chi connectivity index (χ4n) is 1.67. The molecule has 0 bridgehead atoms. The highest BCUT2D eigenvalue weighted by atomic mass is 16.2. The van der Waals surface area contributed by atoms with Crippen LogP contribution in [0.25, 0.3) is 0 Å². The molecule has 0 radical (unpaired) electrons. The van der Waals surface area contributed by atoms with E-state index in [1.807, 2.05) is 10.9 Å². The number of carbonyl (C=O) groups excluding carboxylic acids is 2. The number of hydrogen-bond donors (Lipinski definition) is 2. The van der Waals surface area contributed by atoms with Crippen molar-refractivity contribution in [2.75, 3.05) is 11.9 Å². The van der Waals surface area contributed by atoms with Crippen LogP contribution in [0.5, 0.6) is 0 Å². The second-order valence-electron chi connectivity index (χ2n) is 5.32. The summed E-state index contributed by atoms with van der Waals surface area (Å²) in [4.78, 5) is 22.9. The van der Waals surface area contributed by atoms with Crippen molar-refractivity contribution in [3.8, 4) is 0 Å². The minimum Gasteiger partial charge on any atom is -0.347 e. The Morgan fingerprint density at radius 1 is 1.47 bits per heavy atom. The first kappa shape index (κ1) is 13.6. The SMILES string of the molecule is CC(C)C(=O)NCC(=O)Nc1cnn(CC2CC2)c1. The fraction of sp³-hybridized carbons (Fsp3) is 0.615. The third kappa shape index (κ3) is 4.39. The quantitative estimate of drug-likeness (QED) is 0.805. The number of nitrogens with zero attached hydrogens (tertiary/aromatic N) is 2. The molecule has 1 aliphatic carbocycles. The summed E-state index contributed by atoms with van der Waals surface area (Å²) >= 11 is 0. The number of nitrogens with one attached hydrogen (secondary N) is 2. The van der Waals surface area contributed by atoms with Gasteiger partial charge in [0.1, 0.15) is 0 Å². The van der Waals surface area contributed by atoms with Gasteiger partial charge in [-0.1, -0.05) is 13.8 Å². The Labute approximate surface area is 112 Å². The van der Waals surface area contributed by atoms with E-state index in [1.54, 1.807) is 20.0 Å². The molecular formula is C13H20N4O2. The van der Waals surface area contributed by atoms with Crippen molar-refractivity contribution in [2.24, 2.45) is 11.8 Å². The van der Waals surface area contributed by atoms with Crippen LogP contribution in [0.1, 0.15) is 26.7 Å². The number of rotatable bonds is 6. The molecule has 0 aliphatic heterocycles. The van der Waals surface area contributed by atoms with Gasteiger partial charge in [0.25, 0.3) is 0 Å². The lowest BCUT2D eigenvalue weighted by atomic mass is 10.2. The van der Waals surface area contributed by atoms with Gasteiger partial charge in [-0.15, -0.1) is 0 Å². The van der Waals surface area contributed by atoms with E-state index < -0.39 is 0 Å². The Bertz CT molecular complexity index is 463. The largest absolute Gasteiger partial charge is 0.347 e. The molecule has 1 aromatic rings. The van der Waals surface area contributed by atoms with Gasteiger partial charge in [-0.25, -0.2) is 0 Å².